The fraction of sp³-hybridized carbons (Fsp3) is 0.615. The maximum atomic E-state index is 5.32. The van der Waals surface area contributed by atoms with Crippen molar-refractivity contribution in [2.45, 2.75) is 45.2 Å². The minimum Gasteiger partial charge on any atom is -0.469 e. The highest BCUT2D eigenvalue weighted by molar-refractivity contribution is 8.14. The predicted molar refractivity (Wildman–Crippen MR) is 73.6 cm³/mol. The van der Waals surface area contributed by atoms with Gasteiger partial charge in [0.1, 0.15) is 5.76 Å². The first kappa shape index (κ1) is 12.6. The summed E-state index contributed by atoms with van der Waals surface area (Å²) in [6, 6.07) is 4.29. The molecule has 1 atom stereocenters. The molecule has 1 aliphatic heterocycles. The first-order chi connectivity index (χ1) is 8.05. The monoisotopic (exact) mass is 252 g/mol. The van der Waals surface area contributed by atoms with Crippen LogP contribution in [0.5, 0.6) is 0 Å². The van der Waals surface area contributed by atoms with Gasteiger partial charge in [0.2, 0.25) is 0 Å². The fourth-order valence-electron chi connectivity index (χ4n) is 1.75. The van der Waals surface area contributed by atoms with Crippen molar-refractivity contribution in [2.75, 3.05) is 5.75 Å². The van der Waals surface area contributed by atoms with Crippen molar-refractivity contribution in [1.29, 1.82) is 0 Å². The molecule has 0 radical (unpaired) electrons. The van der Waals surface area contributed by atoms with Gasteiger partial charge in [-0.15, -0.1) is 0 Å². The zero-order valence-electron chi connectivity index (χ0n) is 10.7. The molecule has 1 aliphatic rings. The molecule has 0 bridgehead atoms. The third-order valence-corrected chi connectivity index (χ3v) is 4.09. The predicted octanol–water partition coefficient (Wildman–Crippen LogP) is 3.07. The average molecular weight is 252 g/mol. The van der Waals surface area contributed by atoms with Crippen molar-refractivity contribution in [1.82, 2.24) is 5.32 Å². The molecule has 2 rings (SSSR count). The first-order valence-corrected chi connectivity index (χ1v) is 7.05. The van der Waals surface area contributed by atoms with Crippen molar-refractivity contribution in [2.24, 2.45) is 4.99 Å². The van der Waals surface area contributed by atoms with E-state index in [0.29, 0.717) is 6.04 Å². The van der Waals surface area contributed by atoms with Gasteiger partial charge in [-0.1, -0.05) is 11.8 Å². The summed E-state index contributed by atoms with van der Waals surface area (Å²) in [6.07, 6.45) is 3.71. The van der Waals surface area contributed by atoms with Crippen molar-refractivity contribution in [3.05, 3.63) is 24.2 Å². The summed E-state index contributed by atoms with van der Waals surface area (Å²) in [5, 5.41) is 4.53. The quantitative estimate of drug-likeness (QED) is 0.895. The molecule has 0 aromatic carbocycles. The summed E-state index contributed by atoms with van der Waals surface area (Å²) in [6.45, 7) is 6.57. The Hall–Kier alpha value is -0.900. The molecule has 1 aromatic heterocycles. The van der Waals surface area contributed by atoms with Crippen LogP contribution in [0.2, 0.25) is 0 Å². The van der Waals surface area contributed by atoms with Gasteiger partial charge >= 0.3 is 0 Å². The molecule has 0 amide bonds. The first-order valence-electron chi connectivity index (χ1n) is 6.06. The molecule has 0 spiro atoms. The summed E-state index contributed by atoms with van der Waals surface area (Å²) in [5.74, 6) is 2.14. The Balaban J connectivity index is 1.81. The van der Waals surface area contributed by atoms with E-state index in [1.54, 1.807) is 6.26 Å². The number of aryl methyl sites for hydroxylation is 1. The highest BCUT2D eigenvalue weighted by atomic mass is 32.2. The van der Waals surface area contributed by atoms with Crippen LogP contribution in [0, 0.1) is 0 Å². The third kappa shape index (κ3) is 3.80. The SMILES string of the molecule is CC(CCc1ccco1)N=C1NC(C)(C)CS1. The number of hydrogen-bond donors (Lipinski definition) is 1. The van der Waals surface area contributed by atoms with Crippen LogP contribution in [0.25, 0.3) is 0 Å². The van der Waals surface area contributed by atoms with Gasteiger partial charge in [0.05, 0.1) is 12.3 Å². The van der Waals surface area contributed by atoms with Gasteiger partial charge in [0.15, 0.2) is 5.17 Å². The summed E-state index contributed by atoms with van der Waals surface area (Å²) in [7, 11) is 0. The average Bonchev–Trinajstić information content (AvgIpc) is 2.85. The van der Waals surface area contributed by atoms with Gasteiger partial charge in [0, 0.05) is 17.7 Å². The summed E-state index contributed by atoms with van der Waals surface area (Å²) >= 11 is 1.82. The maximum Gasteiger partial charge on any atom is 0.157 e. The number of rotatable bonds is 4. The van der Waals surface area contributed by atoms with E-state index in [2.05, 4.69) is 26.1 Å². The molecule has 1 fully saturated rings. The zero-order chi connectivity index (χ0) is 12.3. The highest BCUT2D eigenvalue weighted by Gasteiger charge is 2.27. The van der Waals surface area contributed by atoms with E-state index in [1.807, 2.05) is 23.9 Å². The van der Waals surface area contributed by atoms with Gasteiger partial charge in [-0.05, 0) is 39.3 Å². The second-order valence-corrected chi connectivity index (χ2v) is 6.16. The lowest BCUT2D eigenvalue weighted by molar-refractivity contribution is 0.490. The minimum atomic E-state index is 0.185. The number of thioether (sulfide) groups is 1. The third-order valence-electron chi connectivity index (χ3n) is 2.74. The molecule has 4 heteroatoms. The van der Waals surface area contributed by atoms with Crippen molar-refractivity contribution in [3.63, 3.8) is 0 Å². The van der Waals surface area contributed by atoms with E-state index < -0.39 is 0 Å². The van der Waals surface area contributed by atoms with Gasteiger partial charge < -0.3 is 9.73 Å². The molecule has 3 nitrogen and oxygen atoms in total. The molecule has 1 N–H and O–H groups in total. The highest BCUT2D eigenvalue weighted by Crippen LogP contribution is 2.23. The second-order valence-electron chi connectivity index (χ2n) is 5.20. The molecule has 2 heterocycles. The Morgan fingerprint density at radius 1 is 1.59 bits per heavy atom. The minimum absolute atomic E-state index is 0.185. The summed E-state index contributed by atoms with van der Waals surface area (Å²) in [5.41, 5.74) is 0.185. The lowest BCUT2D eigenvalue weighted by Gasteiger charge is -2.16. The van der Waals surface area contributed by atoms with Crippen LogP contribution in [0.3, 0.4) is 0 Å². The Morgan fingerprint density at radius 2 is 2.41 bits per heavy atom. The van der Waals surface area contributed by atoms with Gasteiger partial charge in [0.25, 0.3) is 0 Å². The van der Waals surface area contributed by atoms with Gasteiger partial charge in [-0.2, -0.15) is 0 Å². The number of amidine groups is 1. The summed E-state index contributed by atoms with van der Waals surface area (Å²) < 4.78 is 5.32. The molecule has 94 valence electrons. The van der Waals surface area contributed by atoms with Crippen molar-refractivity contribution >= 4 is 16.9 Å². The smallest absolute Gasteiger partial charge is 0.157 e. The molecular formula is C13H20N2OS. The lowest BCUT2D eigenvalue weighted by atomic mass is 10.1. The molecule has 1 unspecified atom stereocenters. The second kappa shape index (κ2) is 5.17. The molecule has 1 saturated heterocycles. The van der Waals surface area contributed by atoms with E-state index >= 15 is 0 Å². The molecule has 1 aromatic rings. The molecule has 0 saturated carbocycles. The molecule has 17 heavy (non-hydrogen) atoms. The Kier molecular flexibility index (Phi) is 3.82. The number of furan rings is 1. The van der Waals surface area contributed by atoms with Crippen LogP contribution in [-0.4, -0.2) is 22.5 Å². The Labute approximate surface area is 107 Å². The van der Waals surface area contributed by atoms with Crippen molar-refractivity contribution in [3.8, 4) is 0 Å². The molecule has 0 aliphatic carbocycles. The van der Waals surface area contributed by atoms with Gasteiger partial charge in [-0.25, -0.2) is 0 Å². The number of hydrogen-bond acceptors (Lipinski definition) is 3. The normalized spacial score (nSPS) is 22.6. The van der Waals surface area contributed by atoms with Gasteiger partial charge in [-0.3, -0.25) is 4.99 Å². The van der Waals surface area contributed by atoms with E-state index in [1.165, 1.54) is 0 Å². The van der Waals surface area contributed by atoms with Crippen LogP contribution in [0.1, 0.15) is 33.0 Å². The standard InChI is InChI=1S/C13H20N2OS/c1-10(6-7-11-5-4-8-16-11)14-12-15-13(2,3)9-17-12/h4-5,8,10H,6-7,9H2,1-3H3,(H,14,15). The largest absolute Gasteiger partial charge is 0.469 e. The Bertz CT molecular complexity index is 384. The van der Waals surface area contributed by atoms with E-state index in [0.717, 1.165) is 29.5 Å². The van der Waals surface area contributed by atoms with E-state index in [4.69, 9.17) is 9.41 Å². The zero-order valence-corrected chi connectivity index (χ0v) is 11.5. The van der Waals surface area contributed by atoms with Crippen LogP contribution >= 0.6 is 11.8 Å². The maximum absolute atomic E-state index is 5.32. The number of aliphatic imine (C=N–C) groups is 1. The van der Waals surface area contributed by atoms with Crippen molar-refractivity contribution < 1.29 is 4.42 Å². The lowest BCUT2D eigenvalue weighted by Crippen LogP contribution is -2.37. The fourth-order valence-corrected chi connectivity index (χ4v) is 2.92. The topological polar surface area (TPSA) is 37.5 Å². The molecular weight excluding hydrogens is 232 g/mol. The van der Waals surface area contributed by atoms with E-state index in [9.17, 15) is 0 Å². The summed E-state index contributed by atoms with van der Waals surface area (Å²) in [4.78, 5) is 4.70. The van der Waals surface area contributed by atoms with Crippen LogP contribution < -0.4 is 5.32 Å². The Morgan fingerprint density at radius 3 is 3.00 bits per heavy atom. The van der Waals surface area contributed by atoms with E-state index in [-0.39, 0.29) is 5.54 Å². The van der Waals surface area contributed by atoms with Crippen LogP contribution in [-0.2, 0) is 6.42 Å². The van der Waals surface area contributed by atoms with Crippen LogP contribution in [0.4, 0.5) is 0 Å². The number of nitrogens with zero attached hydrogens (tertiary/aromatic N) is 1. The van der Waals surface area contributed by atoms with Crippen LogP contribution in [0.15, 0.2) is 27.8 Å². The number of nitrogens with one attached hydrogen (secondary N) is 1.